The molecule has 6 nitrogen and oxygen atoms in total. The van der Waals surface area contributed by atoms with Crippen LogP contribution in [0.3, 0.4) is 0 Å². The van der Waals surface area contributed by atoms with E-state index in [2.05, 4.69) is 52.6 Å². The number of nitrogens with two attached hydrogens (primary N) is 1. The summed E-state index contributed by atoms with van der Waals surface area (Å²) in [6.45, 7) is 0. The van der Waals surface area contributed by atoms with Crippen LogP contribution in [0.1, 0.15) is 10.4 Å². The van der Waals surface area contributed by atoms with Crippen LogP contribution in [0, 0.1) is 0 Å². The number of rotatable bonds is 3. The molecule has 0 saturated heterocycles. The Morgan fingerprint density at radius 2 is 2.05 bits per heavy atom. The number of anilines is 2. The number of hydrogen-bond acceptors (Lipinski definition) is 5. The van der Waals surface area contributed by atoms with Crippen molar-refractivity contribution in [3.8, 4) is 0 Å². The molecule has 0 fully saturated rings. The van der Waals surface area contributed by atoms with Crippen LogP contribution in [0.15, 0.2) is 39.5 Å². The molecule has 98 valence electrons. The molecule has 0 bridgehead atoms. The maximum atomic E-state index is 12.2. The normalized spacial score (nSPS) is 10.1. The van der Waals surface area contributed by atoms with Gasteiger partial charge in [0.1, 0.15) is 5.82 Å². The predicted octanol–water partition coefficient (Wildman–Crippen LogP) is 2.54. The van der Waals surface area contributed by atoms with E-state index in [1.54, 1.807) is 30.6 Å². The topological polar surface area (TPSA) is 92.9 Å². The third-order valence-electron chi connectivity index (χ3n) is 2.23. The highest BCUT2D eigenvalue weighted by Gasteiger charge is 2.14. The smallest absolute Gasteiger partial charge is 0.260 e. The van der Waals surface area contributed by atoms with Gasteiger partial charge in [-0.05, 0) is 50.1 Å². The third-order valence-corrected chi connectivity index (χ3v) is 3.30. The van der Waals surface area contributed by atoms with Crippen molar-refractivity contribution in [1.29, 1.82) is 0 Å². The van der Waals surface area contributed by atoms with Crippen LogP contribution in [0.4, 0.5) is 11.6 Å². The Hall–Kier alpha value is -1.51. The van der Waals surface area contributed by atoms with Crippen molar-refractivity contribution in [3.05, 3.63) is 45.1 Å². The first kappa shape index (κ1) is 13.9. The fourth-order valence-corrected chi connectivity index (χ4v) is 2.07. The van der Waals surface area contributed by atoms with E-state index in [0.717, 1.165) is 0 Å². The third kappa shape index (κ3) is 3.28. The summed E-state index contributed by atoms with van der Waals surface area (Å²) in [6.07, 6.45) is 3.13. The molecule has 0 aliphatic heterocycles. The summed E-state index contributed by atoms with van der Waals surface area (Å²) in [4.78, 5) is 20.2. The highest BCUT2D eigenvalue weighted by atomic mass is 79.9. The molecule has 2 rings (SSSR count). The van der Waals surface area contributed by atoms with Crippen molar-refractivity contribution in [2.75, 3.05) is 10.7 Å². The number of hydrogen-bond donors (Lipinski definition) is 3. The van der Waals surface area contributed by atoms with Crippen LogP contribution in [0.5, 0.6) is 0 Å². The second kappa shape index (κ2) is 6.09. The quantitative estimate of drug-likeness (QED) is 0.556. The molecule has 2 heterocycles. The van der Waals surface area contributed by atoms with E-state index < -0.39 is 0 Å². The number of nitrogen functional groups attached to an aromatic ring is 1. The Morgan fingerprint density at radius 3 is 2.74 bits per heavy atom. The van der Waals surface area contributed by atoms with Gasteiger partial charge in [-0.1, -0.05) is 0 Å². The van der Waals surface area contributed by atoms with E-state index in [-0.39, 0.29) is 11.7 Å². The second-order valence-electron chi connectivity index (χ2n) is 3.48. The zero-order chi connectivity index (χ0) is 13.8. The summed E-state index contributed by atoms with van der Waals surface area (Å²) < 4.78 is 1.37. The van der Waals surface area contributed by atoms with Crippen LogP contribution >= 0.6 is 31.9 Å². The lowest BCUT2D eigenvalue weighted by molar-refractivity contribution is 0.102. The summed E-state index contributed by atoms with van der Waals surface area (Å²) in [6, 6.07) is 5.16. The number of amides is 1. The second-order valence-corrected chi connectivity index (χ2v) is 5.25. The van der Waals surface area contributed by atoms with Crippen molar-refractivity contribution in [2.45, 2.75) is 0 Å². The van der Waals surface area contributed by atoms with Gasteiger partial charge < -0.3 is 10.7 Å². The van der Waals surface area contributed by atoms with Gasteiger partial charge in [-0.25, -0.2) is 15.8 Å². The largest absolute Gasteiger partial charge is 0.308 e. The molecule has 0 spiro atoms. The highest BCUT2D eigenvalue weighted by Crippen LogP contribution is 2.22. The zero-order valence-corrected chi connectivity index (χ0v) is 12.7. The number of carbonyl (C=O) groups excluding carboxylic acids is 1. The molecule has 1 amide bonds. The van der Waals surface area contributed by atoms with Gasteiger partial charge in [0.05, 0.1) is 10.0 Å². The molecule has 0 aliphatic rings. The number of halogens is 2. The van der Waals surface area contributed by atoms with Crippen LogP contribution < -0.4 is 16.6 Å². The molecular formula is C11H9Br2N5O. The van der Waals surface area contributed by atoms with Gasteiger partial charge in [0.15, 0.2) is 5.82 Å². The minimum atomic E-state index is -0.360. The van der Waals surface area contributed by atoms with E-state index in [0.29, 0.717) is 20.3 Å². The average Bonchev–Trinajstić information content (AvgIpc) is 2.41. The molecule has 0 aromatic carbocycles. The molecule has 0 saturated carbocycles. The molecule has 0 unspecified atom stereocenters. The lowest BCUT2D eigenvalue weighted by atomic mass is 10.2. The molecule has 2 aromatic heterocycles. The minimum Gasteiger partial charge on any atom is -0.308 e. The first-order valence-corrected chi connectivity index (χ1v) is 6.74. The molecule has 19 heavy (non-hydrogen) atoms. The van der Waals surface area contributed by atoms with E-state index in [9.17, 15) is 4.79 Å². The number of carbonyl (C=O) groups is 1. The SMILES string of the molecule is NNc1ncc(Br)cc1C(=O)Nc1ncccc1Br. The van der Waals surface area contributed by atoms with Gasteiger partial charge in [-0.2, -0.15) is 0 Å². The van der Waals surface area contributed by atoms with E-state index in [1.807, 2.05) is 0 Å². The van der Waals surface area contributed by atoms with Crippen LogP contribution in [-0.4, -0.2) is 15.9 Å². The molecule has 0 atom stereocenters. The molecule has 0 radical (unpaired) electrons. The monoisotopic (exact) mass is 385 g/mol. The summed E-state index contributed by atoms with van der Waals surface area (Å²) in [5, 5.41) is 2.68. The van der Waals surface area contributed by atoms with Crippen LogP contribution in [0.2, 0.25) is 0 Å². The van der Waals surface area contributed by atoms with Crippen molar-refractivity contribution in [2.24, 2.45) is 5.84 Å². The number of nitrogens with zero attached hydrogens (tertiary/aromatic N) is 2. The first-order valence-electron chi connectivity index (χ1n) is 5.16. The molecule has 2 aromatic rings. The summed E-state index contributed by atoms with van der Waals surface area (Å²) in [5.74, 6) is 5.68. The fraction of sp³-hybridized carbons (Fsp3) is 0. The van der Waals surface area contributed by atoms with E-state index in [1.165, 1.54) is 0 Å². The minimum absolute atomic E-state index is 0.285. The Morgan fingerprint density at radius 1 is 1.26 bits per heavy atom. The highest BCUT2D eigenvalue weighted by molar-refractivity contribution is 9.10. The summed E-state index contributed by atoms with van der Waals surface area (Å²) >= 11 is 6.56. The van der Waals surface area contributed by atoms with Gasteiger partial charge >= 0.3 is 0 Å². The number of nitrogens with one attached hydrogen (secondary N) is 2. The van der Waals surface area contributed by atoms with Crippen molar-refractivity contribution in [3.63, 3.8) is 0 Å². The number of pyridine rings is 2. The van der Waals surface area contributed by atoms with Gasteiger partial charge in [0.25, 0.3) is 5.91 Å². The van der Waals surface area contributed by atoms with Gasteiger partial charge in [-0.15, -0.1) is 0 Å². The molecule has 4 N–H and O–H groups in total. The first-order chi connectivity index (χ1) is 9.11. The van der Waals surface area contributed by atoms with Crippen LogP contribution in [-0.2, 0) is 0 Å². The lowest BCUT2D eigenvalue weighted by Gasteiger charge is -2.09. The van der Waals surface area contributed by atoms with E-state index in [4.69, 9.17) is 5.84 Å². The van der Waals surface area contributed by atoms with Crippen molar-refractivity contribution < 1.29 is 4.79 Å². The Labute approximate surface area is 126 Å². The van der Waals surface area contributed by atoms with Gasteiger partial charge in [0.2, 0.25) is 0 Å². The predicted molar refractivity (Wildman–Crippen MR) is 79.6 cm³/mol. The number of hydrazine groups is 1. The van der Waals surface area contributed by atoms with Gasteiger partial charge in [0, 0.05) is 16.9 Å². The summed E-state index contributed by atoms with van der Waals surface area (Å²) in [7, 11) is 0. The number of aromatic nitrogens is 2. The van der Waals surface area contributed by atoms with Crippen molar-refractivity contribution in [1.82, 2.24) is 9.97 Å². The van der Waals surface area contributed by atoms with Gasteiger partial charge in [-0.3, -0.25) is 4.79 Å². The average molecular weight is 387 g/mol. The maximum Gasteiger partial charge on any atom is 0.260 e. The van der Waals surface area contributed by atoms with Crippen molar-refractivity contribution >= 4 is 49.4 Å². The maximum absolute atomic E-state index is 12.2. The molecule has 0 aliphatic carbocycles. The molecule has 8 heteroatoms. The Balaban J connectivity index is 2.30. The van der Waals surface area contributed by atoms with Crippen LogP contribution in [0.25, 0.3) is 0 Å². The van der Waals surface area contributed by atoms with E-state index >= 15 is 0 Å². The Kier molecular flexibility index (Phi) is 4.46. The molecular weight excluding hydrogens is 378 g/mol. The lowest BCUT2D eigenvalue weighted by Crippen LogP contribution is -2.19. The summed E-state index contributed by atoms with van der Waals surface area (Å²) in [5.41, 5.74) is 2.69. The fourth-order valence-electron chi connectivity index (χ4n) is 1.38. The standard InChI is InChI=1S/C11H9Br2N5O/c12-6-4-7(9(18-14)16-5-6)11(19)17-10-8(13)2-1-3-15-10/h1-5H,14H2,(H,16,18)(H,15,17,19). The zero-order valence-electron chi connectivity index (χ0n) is 9.52. The Bertz CT molecular complexity index is 620.